The molecule has 4 nitrogen and oxygen atoms in total. The lowest BCUT2D eigenvalue weighted by molar-refractivity contribution is -0.133. The number of hydrogen-bond donors (Lipinski definition) is 0. The van der Waals surface area contributed by atoms with E-state index in [9.17, 15) is 4.79 Å². The fourth-order valence-electron chi connectivity index (χ4n) is 2.41. The highest BCUT2D eigenvalue weighted by molar-refractivity contribution is 6.21. The molecule has 21 heavy (non-hydrogen) atoms. The lowest BCUT2D eigenvalue weighted by Crippen LogP contribution is -2.04. The highest BCUT2D eigenvalue weighted by Gasteiger charge is 2.19. The predicted molar refractivity (Wildman–Crippen MR) is 80.7 cm³/mol. The van der Waals surface area contributed by atoms with Crippen LogP contribution in [-0.4, -0.2) is 20.2 Å². The summed E-state index contributed by atoms with van der Waals surface area (Å²) in [6, 6.07) is 13.4. The van der Waals surface area contributed by atoms with E-state index < -0.39 is 5.97 Å². The molecular formula is C17H14O4. The first-order valence-electron chi connectivity index (χ1n) is 6.48. The van der Waals surface area contributed by atoms with E-state index in [-0.39, 0.29) is 0 Å². The molecule has 0 saturated heterocycles. The van der Waals surface area contributed by atoms with Gasteiger partial charge in [-0.05, 0) is 6.07 Å². The van der Waals surface area contributed by atoms with Crippen molar-refractivity contribution in [2.75, 3.05) is 14.2 Å². The quantitative estimate of drug-likeness (QED) is 0.417. The summed E-state index contributed by atoms with van der Waals surface area (Å²) in [5.74, 6) is -0.468. The average Bonchev–Trinajstić information content (AvgIpc) is 2.91. The van der Waals surface area contributed by atoms with E-state index in [0.717, 1.165) is 16.4 Å². The van der Waals surface area contributed by atoms with Crippen molar-refractivity contribution >= 4 is 33.5 Å². The standard InChI is InChI=1S/C17H14O4/c1-19-10-14(17(18)20-2)13-8-5-7-12-11-6-3-4-9-15(11)21-16(12)13/h3-10H,1-2H3. The number of para-hydroxylation sites is 2. The molecule has 0 atom stereocenters. The molecule has 1 heterocycles. The first kappa shape index (κ1) is 13.2. The number of hydrogen-bond acceptors (Lipinski definition) is 4. The predicted octanol–water partition coefficient (Wildman–Crippen LogP) is 3.75. The summed E-state index contributed by atoms with van der Waals surface area (Å²) in [6.07, 6.45) is 1.37. The van der Waals surface area contributed by atoms with Crippen LogP contribution < -0.4 is 0 Å². The van der Waals surface area contributed by atoms with Gasteiger partial charge in [0.2, 0.25) is 0 Å². The third-order valence-electron chi connectivity index (χ3n) is 3.34. The molecule has 3 rings (SSSR count). The molecule has 0 radical (unpaired) electrons. The van der Waals surface area contributed by atoms with Crippen LogP contribution in [0.1, 0.15) is 5.56 Å². The Morgan fingerprint density at radius 3 is 2.57 bits per heavy atom. The molecule has 0 fully saturated rings. The lowest BCUT2D eigenvalue weighted by atomic mass is 10.0. The maximum atomic E-state index is 11.9. The molecule has 0 saturated carbocycles. The van der Waals surface area contributed by atoms with Crippen molar-refractivity contribution in [1.82, 2.24) is 0 Å². The Morgan fingerprint density at radius 2 is 1.81 bits per heavy atom. The molecular weight excluding hydrogens is 268 g/mol. The van der Waals surface area contributed by atoms with Crippen molar-refractivity contribution in [3.05, 3.63) is 54.3 Å². The zero-order valence-electron chi connectivity index (χ0n) is 11.8. The summed E-state index contributed by atoms with van der Waals surface area (Å²) in [5, 5.41) is 1.96. The van der Waals surface area contributed by atoms with Crippen molar-refractivity contribution in [3.63, 3.8) is 0 Å². The van der Waals surface area contributed by atoms with Crippen LogP contribution in [0.5, 0.6) is 0 Å². The minimum atomic E-state index is -0.468. The van der Waals surface area contributed by atoms with Crippen molar-refractivity contribution in [3.8, 4) is 0 Å². The number of ether oxygens (including phenoxy) is 2. The Labute approximate surface area is 121 Å². The van der Waals surface area contributed by atoms with Crippen LogP contribution in [-0.2, 0) is 14.3 Å². The highest BCUT2D eigenvalue weighted by atomic mass is 16.5. The highest BCUT2D eigenvalue weighted by Crippen LogP contribution is 2.33. The summed E-state index contributed by atoms with van der Waals surface area (Å²) in [5.41, 5.74) is 2.40. The van der Waals surface area contributed by atoms with Gasteiger partial charge >= 0.3 is 5.97 Å². The molecule has 0 spiro atoms. The van der Waals surface area contributed by atoms with Crippen LogP contribution in [0.3, 0.4) is 0 Å². The van der Waals surface area contributed by atoms with Crippen LogP contribution in [0.25, 0.3) is 27.5 Å². The molecule has 4 heteroatoms. The number of rotatable bonds is 3. The summed E-state index contributed by atoms with van der Waals surface area (Å²) < 4.78 is 15.7. The fourth-order valence-corrected chi connectivity index (χ4v) is 2.41. The molecule has 1 aromatic heterocycles. The Morgan fingerprint density at radius 1 is 1.05 bits per heavy atom. The van der Waals surface area contributed by atoms with Gasteiger partial charge in [-0.2, -0.15) is 0 Å². The Balaban J connectivity index is 2.32. The van der Waals surface area contributed by atoms with Gasteiger partial charge in [0, 0.05) is 16.3 Å². The van der Waals surface area contributed by atoms with Gasteiger partial charge in [0.1, 0.15) is 16.7 Å². The van der Waals surface area contributed by atoms with Crippen LogP contribution in [0, 0.1) is 0 Å². The lowest BCUT2D eigenvalue weighted by Gasteiger charge is -2.05. The van der Waals surface area contributed by atoms with Crippen LogP contribution in [0.15, 0.2) is 53.1 Å². The minimum absolute atomic E-state index is 0.324. The zero-order valence-corrected chi connectivity index (χ0v) is 11.8. The number of benzene rings is 2. The van der Waals surface area contributed by atoms with E-state index in [2.05, 4.69) is 0 Å². The number of carbonyl (C=O) groups is 1. The van der Waals surface area contributed by atoms with E-state index in [1.165, 1.54) is 20.5 Å². The third kappa shape index (κ3) is 2.14. The number of methoxy groups -OCH3 is 2. The third-order valence-corrected chi connectivity index (χ3v) is 3.34. The number of furan rings is 1. The smallest absolute Gasteiger partial charge is 0.341 e. The largest absolute Gasteiger partial charge is 0.503 e. The summed E-state index contributed by atoms with van der Waals surface area (Å²) >= 11 is 0. The normalized spacial score (nSPS) is 11.8. The minimum Gasteiger partial charge on any atom is -0.503 e. The Bertz CT molecular complexity index is 842. The molecule has 0 N–H and O–H groups in total. The first-order valence-corrected chi connectivity index (χ1v) is 6.48. The molecule has 0 aliphatic heterocycles. The molecule has 106 valence electrons. The molecule has 0 unspecified atom stereocenters. The van der Waals surface area contributed by atoms with Gasteiger partial charge in [-0.3, -0.25) is 0 Å². The van der Waals surface area contributed by atoms with Gasteiger partial charge in [-0.25, -0.2) is 4.79 Å². The molecule has 0 bridgehead atoms. The second-order valence-corrected chi connectivity index (χ2v) is 4.54. The second kappa shape index (κ2) is 5.32. The van der Waals surface area contributed by atoms with E-state index in [4.69, 9.17) is 13.9 Å². The van der Waals surface area contributed by atoms with Gasteiger partial charge in [-0.15, -0.1) is 0 Å². The van der Waals surface area contributed by atoms with Crippen molar-refractivity contribution in [2.45, 2.75) is 0 Å². The molecule has 0 aliphatic carbocycles. The maximum absolute atomic E-state index is 11.9. The summed E-state index contributed by atoms with van der Waals surface area (Å²) in [6.45, 7) is 0. The van der Waals surface area contributed by atoms with Crippen molar-refractivity contribution < 1.29 is 18.7 Å². The van der Waals surface area contributed by atoms with Crippen LogP contribution >= 0.6 is 0 Å². The Hall–Kier alpha value is -2.75. The molecule has 0 amide bonds. The molecule has 0 aliphatic rings. The van der Waals surface area contributed by atoms with Gasteiger partial charge in [0.15, 0.2) is 0 Å². The zero-order chi connectivity index (χ0) is 14.8. The number of fused-ring (bicyclic) bond motifs is 3. The number of carbonyl (C=O) groups excluding carboxylic acids is 1. The topological polar surface area (TPSA) is 48.7 Å². The monoisotopic (exact) mass is 282 g/mol. The van der Waals surface area contributed by atoms with Gasteiger partial charge in [0.05, 0.1) is 20.5 Å². The van der Waals surface area contributed by atoms with Gasteiger partial charge in [-0.1, -0.05) is 36.4 Å². The first-order chi connectivity index (χ1) is 10.3. The van der Waals surface area contributed by atoms with E-state index in [1.807, 2.05) is 42.5 Å². The summed E-state index contributed by atoms with van der Waals surface area (Å²) in [4.78, 5) is 11.9. The second-order valence-electron chi connectivity index (χ2n) is 4.54. The Kier molecular flexibility index (Phi) is 3.36. The van der Waals surface area contributed by atoms with Crippen molar-refractivity contribution in [1.29, 1.82) is 0 Å². The van der Waals surface area contributed by atoms with E-state index in [1.54, 1.807) is 0 Å². The van der Waals surface area contributed by atoms with Crippen molar-refractivity contribution in [2.24, 2.45) is 0 Å². The number of esters is 1. The van der Waals surface area contributed by atoms with Crippen LogP contribution in [0.4, 0.5) is 0 Å². The summed E-state index contributed by atoms with van der Waals surface area (Å²) in [7, 11) is 2.83. The maximum Gasteiger partial charge on any atom is 0.341 e. The molecule has 3 aromatic rings. The average molecular weight is 282 g/mol. The SMILES string of the molecule is COC=C(C(=O)OC)c1cccc2c1oc1ccccc12. The van der Waals surface area contributed by atoms with Gasteiger partial charge < -0.3 is 13.9 Å². The molecule has 2 aromatic carbocycles. The van der Waals surface area contributed by atoms with Gasteiger partial charge in [0.25, 0.3) is 0 Å². The van der Waals surface area contributed by atoms with E-state index >= 15 is 0 Å². The fraction of sp³-hybridized carbons (Fsp3) is 0.118. The van der Waals surface area contributed by atoms with E-state index in [0.29, 0.717) is 16.7 Å². The van der Waals surface area contributed by atoms with Crippen LogP contribution in [0.2, 0.25) is 0 Å².